The summed E-state index contributed by atoms with van der Waals surface area (Å²) in [5, 5.41) is 8.63. The summed E-state index contributed by atoms with van der Waals surface area (Å²) < 4.78 is 13.2. The van der Waals surface area contributed by atoms with Crippen molar-refractivity contribution in [1.29, 1.82) is 0 Å². The molecule has 136 valence electrons. The number of rotatable bonds is 6. The fourth-order valence-electron chi connectivity index (χ4n) is 3.10. The number of benzene rings is 2. The molecule has 6 heteroatoms. The Balaban J connectivity index is 1.60. The van der Waals surface area contributed by atoms with Crippen molar-refractivity contribution in [3.63, 3.8) is 0 Å². The van der Waals surface area contributed by atoms with E-state index >= 15 is 0 Å². The van der Waals surface area contributed by atoms with Crippen LogP contribution in [0.5, 0.6) is 0 Å². The molecular weight excluding hydrogens is 333 g/mol. The van der Waals surface area contributed by atoms with Crippen LogP contribution in [-0.2, 0) is 4.79 Å². The first kappa shape index (κ1) is 17.9. The smallest absolute Gasteiger partial charge is 0.253 e. The molecule has 0 aromatic heterocycles. The fraction of sp³-hybridized carbons (Fsp3) is 0.300. The average Bonchev–Trinajstić information content (AvgIpc) is 3.13. The van der Waals surface area contributed by atoms with Crippen LogP contribution in [0.1, 0.15) is 36.0 Å². The topological polar surface area (TPSA) is 70.2 Å². The van der Waals surface area contributed by atoms with Gasteiger partial charge in [-0.2, -0.15) is 0 Å². The third-order valence-corrected chi connectivity index (χ3v) is 4.41. The van der Waals surface area contributed by atoms with Gasteiger partial charge < -0.3 is 16.0 Å². The summed E-state index contributed by atoms with van der Waals surface area (Å²) in [5.41, 5.74) is 1.43. The second-order valence-electron chi connectivity index (χ2n) is 6.41. The molecule has 1 fully saturated rings. The minimum Gasteiger partial charge on any atom is -0.376 e. The lowest BCUT2D eigenvalue weighted by Crippen LogP contribution is -2.33. The van der Waals surface area contributed by atoms with Gasteiger partial charge in [-0.1, -0.05) is 31.0 Å². The second-order valence-corrected chi connectivity index (χ2v) is 6.41. The molecule has 1 saturated carbocycles. The number of nitrogens with one attached hydrogen (secondary N) is 3. The summed E-state index contributed by atoms with van der Waals surface area (Å²) in [6.07, 6.45) is 4.26. The molecule has 0 saturated heterocycles. The van der Waals surface area contributed by atoms with Crippen molar-refractivity contribution in [3.8, 4) is 0 Å². The monoisotopic (exact) mass is 355 g/mol. The second kappa shape index (κ2) is 8.47. The molecule has 0 heterocycles. The summed E-state index contributed by atoms with van der Waals surface area (Å²) in [5.74, 6) is -0.856. The molecule has 1 aliphatic carbocycles. The zero-order valence-corrected chi connectivity index (χ0v) is 14.4. The number of carbonyl (C=O) groups is 2. The van der Waals surface area contributed by atoms with Crippen LogP contribution in [0.15, 0.2) is 48.5 Å². The molecule has 0 spiro atoms. The van der Waals surface area contributed by atoms with Crippen molar-refractivity contribution >= 4 is 23.2 Å². The van der Waals surface area contributed by atoms with Gasteiger partial charge in [-0.25, -0.2) is 4.39 Å². The van der Waals surface area contributed by atoms with Crippen LogP contribution in [0.3, 0.4) is 0 Å². The third kappa shape index (κ3) is 4.81. The number of hydrogen-bond acceptors (Lipinski definition) is 3. The highest BCUT2D eigenvalue weighted by molar-refractivity contribution is 6.04. The number of hydrogen-bond donors (Lipinski definition) is 3. The Morgan fingerprint density at radius 2 is 1.81 bits per heavy atom. The predicted molar refractivity (Wildman–Crippen MR) is 99.7 cm³/mol. The van der Waals surface area contributed by atoms with Gasteiger partial charge in [0.2, 0.25) is 5.91 Å². The lowest BCUT2D eigenvalue weighted by atomic mass is 10.1. The van der Waals surface area contributed by atoms with Crippen molar-refractivity contribution < 1.29 is 14.0 Å². The van der Waals surface area contributed by atoms with Gasteiger partial charge in [0, 0.05) is 11.7 Å². The molecule has 5 nitrogen and oxygen atoms in total. The third-order valence-electron chi connectivity index (χ3n) is 4.41. The quantitative estimate of drug-likeness (QED) is 0.742. The molecule has 1 aliphatic rings. The molecule has 3 N–H and O–H groups in total. The minimum atomic E-state index is -0.371. The molecule has 0 bridgehead atoms. The van der Waals surface area contributed by atoms with Crippen LogP contribution in [0.2, 0.25) is 0 Å². The lowest BCUT2D eigenvalue weighted by molar-refractivity contribution is -0.114. The molecule has 26 heavy (non-hydrogen) atoms. The van der Waals surface area contributed by atoms with Crippen LogP contribution < -0.4 is 16.0 Å². The molecule has 2 aromatic carbocycles. The van der Waals surface area contributed by atoms with Crippen molar-refractivity contribution in [3.05, 3.63) is 59.9 Å². The van der Waals surface area contributed by atoms with E-state index in [1.165, 1.54) is 12.1 Å². The Bertz CT molecular complexity index is 788. The maximum atomic E-state index is 13.2. The van der Waals surface area contributed by atoms with Gasteiger partial charge in [0.05, 0.1) is 17.8 Å². The van der Waals surface area contributed by atoms with E-state index in [-0.39, 0.29) is 30.2 Å². The van der Waals surface area contributed by atoms with E-state index in [1.54, 1.807) is 36.4 Å². The average molecular weight is 355 g/mol. The molecule has 0 radical (unpaired) electrons. The lowest BCUT2D eigenvalue weighted by Gasteiger charge is -2.15. The first-order chi connectivity index (χ1) is 12.6. The number of halogens is 1. The van der Waals surface area contributed by atoms with E-state index in [9.17, 15) is 14.0 Å². The summed E-state index contributed by atoms with van der Waals surface area (Å²) in [6, 6.07) is 13.0. The van der Waals surface area contributed by atoms with E-state index < -0.39 is 0 Å². The first-order valence-electron chi connectivity index (χ1n) is 8.81. The number of amides is 2. The van der Waals surface area contributed by atoms with Crippen molar-refractivity contribution in [2.75, 3.05) is 17.2 Å². The first-order valence-corrected chi connectivity index (χ1v) is 8.81. The van der Waals surface area contributed by atoms with Gasteiger partial charge in [0.15, 0.2) is 0 Å². The van der Waals surface area contributed by atoms with Gasteiger partial charge in [-0.05, 0) is 43.2 Å². The highest BCUT2D eigenvalue weighted by Gasteiger charge is 2.20. The van der Waals surface area contributed by atoms with Crippen LogP contribution >= 0.6 is 0 Å². The van der Waals surface area contributed by atoms with Gasteiger partial charge in [-0.15, -0.1) is 0 Å². The van der Waals surface area contributed by atoms with Crippen molar-refractivity contribution in [1.82, 2.24) is 5.32 Å². The largest absolute Gasteiger partial charge is 0.376 e. The molecule has 2 amide bonds. The minimum absolute atomic E-state index is 0.0258. The van der Waals surface area contributed by atoms with E-state index in [4.69, 9.17) is 0 Å². The van der Waals surface area contributed by atoms with E-state index in [0.717, 1.165) is 25.7 Å². The molecule has 0 unspecified atom stereocenters. The SMILES string of the molecule is O=C(CNc1cccc(F)c1)Nc1ccccc1C(=O)NC1CCCC1. The van der Waals surface area contributed by atoms with Gasteiger partial charge in [-0.3, -0.25) is 9.59 Å². The Hall–Kier alpha value is -2.89. The summed E-state index contributed by atoms with van der Waals surface area (Å²) >= 11 is 0. The van der Waals surface area contributed by atoms with Crippen LogP contribution in [0, 0.1) is 5.82 Å². The zero-order valence-electron chi connectivity index (χ0n) is 14.4. The standard InChI is InChI=1S/C20H22FN3O2/c21-14-6-5-9-16(12-14)22-13-19(25)24-18-11-4-3-10-17(18)20(26)23-15-7-1-2-8-15/h3-6,9-12,15,22H,1-2,7-8,13H2,(H,23,26)(H,24,25). The van der Waals surface area contributed by atoms with E-state index in [1.807, 2.05) is 0 Å². The van der Waals surface area contributed by atoms with Crippen LogP contribution in [-0.4, -0.2) is 24.4 Å². The normalized spacial score (nSPS) is 14.0. The summed E-state index contributed by atoms with van der Waals surface area (Å²) in [4.78, 5) is 24.7. The molecular formula is C20H22FN3O2. The number of carbonyl (C=O) groups excluding carboxylic acids is 2. The predicted octanol–water partition coefficient (Wildman–Crippen LogP) is 3.55. The van der Waals surface area contributed by atoms with Crippen molar-refractivity contribution in [2.45, 2.75) is 31.7 Å². The molecule has 0 aliphatic heterocycles. The van der Waals surface area contributed by atoms with Crippen molar-refractivity contribution in [2.24, 2.45) is 0 Å². The van der Waals surface area contributed by atoms with Crippen LogP contribution in [0.4, 0.5) is 15.8 Å². The fourth-order valence-corrected chi connectivity index (χ4v) is 3.10. The number of para-hydroxylation sites is 1. The Kier molecular flexibility index (Phi) is 5.84. The maximum absolute atomic E-state index is 13.2. The summed E-state index contributed by atoms with van der Waals surface area (Å²) in [7, 11) is 0. The highest BCUT2D eigenvalue weighted by Crippen LogP contribution is 2.20. The van der Waals surface area contributed by atoms with E-state index in [0.29, 0.717) is 16.9 Å². The Morgan fingerprint density at radius 3 is 2.58 bits per heavy atom. The van der Waals surface area contributed by atoms with Gasteiger partial charge >= 0.3 is 0 Å². The number of anilines is 2. The Morgan fingerprint density at radius 1 is 1.04 bits per heavy atom. The van der Waals surface area contributed by atoms with E-state index in [2.05, 4.69) is 16.0 Å². The van der Waals surface area contributed by atoms with Gasteiger partial charge in [0.1, 0.15) is 5.82 Å². The molecule has 0 atom stereocenters. The van der Waals surface area contributed by atoms with Gasteiger partial charge in [0.25, 0.3) is 5.91 Å². The highest BCUT2D eigenvalue weighted by atomic mass is 19.1. The zero-order chi connectivity index (χ0) is 18.4. The molecule has 3 rings (SSSR count). The Labute approximate surface area is 152 Å². The molecule has 2 aromatic rings. The van der Waals surface area contributed by atoms with Crippen LogP contribution in [0.25, 0.3) is 0 Å². The summed E-state index contributed by atoms with van der Waals surface area (Å²) in [6.45, 7) is -0.0258. The maximum Gasteiger partial charge on any atom is 0.253 e.